The third kappa shape index (κ3) is 4.73. The summed E-state index contributed by atoms with van der Waals surface area (Å²) >= 11 is 0. The lowest BCUT2D eigenvalue weighted by atomic mass is 9.88. The van der Waals surface area contributed by atoms with E-state index in [0.29, 0.717) is 24.0 Å². The van der Waals surface area contributed by atoms with Crippen LogP contribution in [-0.2, 0) is 4.74 Å². The zero-order valence-electron chi connectivity index (χ0n) is 15.0. The van der Waals surface area contributed by atoms with Crippen molar-refractivity contribution in [2.75, 3.05) is 25.1 Å². The van der Waals surface area contributed by atoms with Gasteiger partial charge >= 0.3 is 6.03 Å². The van der Waals surface area contributed by atoms with Crippen LogP contribution in [0.15, 0.2) is 48.8 Å². The third-order valence-corrected chi connectivity index (χ3v) is 4.50. The quantitative estimate of drug-likeness (QED) is 0.827. The maximum absolute atomic E-state index is 12.7. The van der Waals surface area contributed by atoms with Gasteiger partial charge in [0.05, 0.1) is 18.3 Å². The van der Waals surface area contributed by atoms with Crippen LogP contribution >= 0.6 is 0 Å². The second kappa shape index (κ2) is 9.20. The molecule has 0 radical (unpaired) electrons. The molecule has 0 saturated carbocycles. The molecular formula is C20H25N3O3. The molecule has 6 heteroatoms. The minimum atomic E-state index is -0.252. The Hall–Kier alpha value is -2.60. The number of amides is 2. The summed E-state index contributed by atoms with van der Waals surface area (Å²) < 4.78 is 11.0. The van der Waals surface area contributed by atoms with Gasteiger partial charge in [-0.2, -0.15) is 0 Å². The topological polar surface area (TPSA) is 72.5 Å². The zero-order valence-corrected chi connectivity index (χ0v) is 15.0. The van der Waals surface area contributed by atoms with Crippen LogP contribution in [0.1, 0.15) is 31.4 Å². The van der Waals surface area contributed by atoms with Crippen molar-refractivity contribution >= 4 is 11.7 Å². The molecule has 2 N–H and O–H groups in total. The monoisotopic (exact) mass is 355 g/mol. The Morgan fingerprint density at radius 1 is 1.27 bits per heavy atom. The molecular weight excluding hydrogens is 330 g/mol. The van der Waals surface area contributed by atoms with E-state index in [2.05, 4.69) is 15.6 Å². The van der Waals surface area contributed by atoms with Crippen LogP contribution < -0.4 is 15.4 Å². The molecule has 1 aliphatic rings. The summed E-state index contributed by atoms with van der Waals surface area (Å²) in [7, 11) is 0. The highest BCUT2D eigenvalue weighted by Crippen LogP contribution is 2.30. The molecule has 1 aromatic carbocycles. The number of nitrogens with one attached hydrogen (secondary N) is 2. The average molecular weight is 355 g/mol. The lowest BCUT2D eigenvalue weighted by molar-refractivity contribution is 0.0550. The van der Waals surface area contributed by atoms with Crippen LogP contribution in [0.5, 0.6) is 5.75 Å². The van der Waals surface area contributed by atoms with Gasteiger partial charge in [-0.1, -0.05) is 18.2 Å². The highest BCUT2D eigenvalue weighted by Gasteiger charge is 2.27. The molecule has 138 valence electrons. The van der Waals surface area contributed by atoms with E-state index in [-0.39, 0.29) is 12.1 Å². The number of carbonyl (C=O) groups excluding carboxylic acids is 1. The highest BCUT2D eigenvalue weighted by molar-refractivity contribution is 5.91. The number of para-hydroxylation sites is 2. The number of nitrogens with zero attached hydrogens (tertiary/aromatic N) is 1. The van der Waals surface area contributed by atoms with Crippen molar-refractivity contribution in [1.29, 1.82) is 0 Å². The fourth-order valence-corrected chi connectivity index (χ4v) is 3.23. The Bertz CT molecular complexity index is 702. The van der Waals surface area contributed by atoms with Gasteiger partial charge < -0.3 is 20.1 Å². The molecule has 1 fully saturated rings. The largest absolute Gasteiger partial charge is 0.492 e. The molecule has 1 atom stereocenters. The summed E-state index contributed by atoms with van der Waals surface area (Å²) in [6, 6.07) is 11.0. The fraction of sp³-hybridized carbons (Fsp3) is 0.400. The predicted octanol–water partition coefficient (Wildman–Crippen LogP) is 3.77. The molecule has 3 rings (SSSR count). The second-order valence-corrected chi connectivity index (χ2v) is 6.24. The van der Waals surface area contributed by atoms with Gasteiger partial charge in [-0.25, -0.2) is 4.79 Å². The van der Waals surface area contributed by atoms with Gasteiger partial charge in [0.2, 0.25) is 0 Å². The predicted molar refractivity (Wildman–Crippen MR) is 100 cm³/mol. The van der Waals surface area contributed by atoms with Crippen molar-refractivity contribution in [3.8, 4) is 5.75 Å². The summed E-state index contributed by atoms with van der Waals surface area (Å²) in [5.74, 6) is 0.981. The van der Waals surface area contributed by atoms with E-state index in [0.717, 1.165) is 31.6 Å². The first-order valence-corrected chi connectivity index (χ1v) is 9.05. The van der Waals surface area contributed by atoms with E-state index < -0.39 is 0 Å². The molecule has 0 bridgehead atoms. The maximum atomic E-state index is 12.7. The molecule has 1 saturated heterocycles. The molecule has 1 unspecified atom stereocenters. The van der Waals surface area contributed by atoms with Crippen molar-refractivity contribution in [2.45, 2.75) is 25.8 Å². The van der Waals surface area contributed by atoms with E-state index in [1.807, 2.05) is 49.5 Å². The van der Waals surface area contributed by atoms with Crippen LogP contribution in [-0.4, -0.2) is 30.8 Å². The van der Waals surface area contributed by atoms with Gasteiger partial charge in [0, 0.05) is 25.6 Å². The SMILES string of the molecule is CCOc1ccccc1NC(=O)NC(c1cccnc1)C1CCOCC1. The lowest BCUT2D eigenvalue weighted by Crippen LogP contribution is -2.38. The van der Waals surface area contributed by atoms with Crippen molar-refractivity contribution in [3.05, 3.63) is 54.4 Å². The number of urea groups is 1. The average Bonchev–Trinajstić information content (AvgIpc) is 2.69. The van der Waals surface area contributed by atoms with Crippen molar-refractivity contribution < 1.29 is 14.3 Å². The number of aromatic nitrogens is 1. The van der Waals surface area contributed by atoms with Crippen LogP contribution in [0.3, 0.4) is 0 Å². The Morgan fingerprint density at radius 2 is 2.08 bits per heavy atom. The molecule has 0 spiro atoms. The first-order chi connectivity index (χ1) is 12.8. The summed E-state index contributed by atoms with van der Waals surface area (Å²) in [4.78, 5) is 16.9. The number of hydrogen-bond donors (Lipinski definition) is 2. The van der Waals surface area contributed by atoms with Gasteiger partial charge in [-0.3, -0.25) is 4.98 Å². The molecule has 2 amide bonds. The Kier molecular flexibility index (Phi) is 6.44. The summed E-state index contributed by atoms with van der Waals surface area (Å²) in [6.45, 7) is 3.90. The number of anilines is 1. The molecule has 6 nitrogen and oxygen atoms in total. The van der Waals surface area contributed by atoms with Gasteiger partial charge in [-0.05, 0) is 49.4 Å². The number of rotatable bonds is 6. The van der Waals surface area contributed by atoms with Crippen molar-refractivity contribution in [1.82, 2.24) is 10.3 Å². The van der Waals surface area contributed by atoms with Crippen LogP contribution in [0.2, 0.25) is 0 Å². The summed E-state index contributed by atoms with van der Waals surface area (Å²) in [5, 5.41) is 6.03. The lowest BCUT2D eigenvalue weighted by Gasteiger charge is -2.31. The Balaban J connectivity index is 1.73. The zero-order chi connectivity index (χ0) is 18.2. The number of carbonyl (C=O) groups is 1. The number of benzene rings is 1. The van der Waals surface area contributed by atoms with Crippen LogP contribution in [0, 0.1) is 5.92 Å². The molecule has 26 heavy (non-hydrogen) atoms. The number of pyridine rings is 1. The minimum absolute atomic E-state index is 0.105. The molecule has 1 aromatic heterocycles. The fourth-order valence-electron chi connectivity index (χ4n) is 3.23. The van der Waals surface area contributed by atoms with Gasteiger partial charge in [0.25, 0.3) is 0 Å². The molecule has 1 aliphatic heterocycles. The van der Waals surface area contributed by atoms with E-state index in [1.165, 1.54) is 0 Å². The van der Waals surface area contributed by atoms with Crippen molar-refractivity contribution in [2.24, 2.45) is 5.92 Å². The highest BCUT2D eigenvalue weighted by atomic mass is 16.5. The summed E-state index contributed by atoms with van der Waals surface area (Å²) in [5.41, 5.74) is 1.66. The Labute approximate surface area is 153 Å². The van der Waals surface area contributed by atoms with Crippen LogP contribution in [0.25, 0.3) is 0 Å². The van der Waals surface area contributed by atoms with Crippen LogP contribution in [0.4, 0.5) is 10.5 Å². The van der Waals surface area contributed by atoms with Crippen molar-refractivity contribution in [3.63, 3.8) is 0 Å². The van der Waals surface area contributed by atoms with E-state index in [4.69, 9.17) is 9.47 Å². The van der Waals surface area contributed by atoms with E-state index in [1.54, 1.807) is 6.20 Å². The smallest absolute Gasteiger partial charge is 0.319 e. The third-order valence-electron chi connectivity index (χ3n) is 4.50. The van der Waals surface area contributed by atoms with Gasteiger partial charge in [0.15, 0.2) is 0 Å². The number of hydrogen-bond acceptors (Lipinski definition) is 4. The standard InChI is InChI=1S/C20H25N3O3/c1-2-26-18-8-4-3-7-17(18)22-20(24)23-19(15-9-12-25-13-10-15)16-6-5-11-21-14-16/h3-8,11,14-15,19H,2,9-10,12-13H2,1H3,(H2,22,23,24). The molecule has 2 aromatic rings. The molecule has 0 aliphatic carbocycles. The minimum Gasteiger partial charge on any atom is -0.492 e. The first-order valence-electron chi connectivity index (χ1n) is 9.05. The van der Waals surface area contributed by atoms with E-state index >= 15 is 0 Å². The van der Waals surface area contributed by atoms with Gasteiger partial charge in [0.1, 0.15) is 5.75 Å². The van der Waals surface area contributed by atoms with E-state index in [9.17, 15) is 4.79 Å². The maximum Gasteiger partial charge on any atom is 0.319 e. The number of ether oxygens (including phenoxy) is 2. The normalized spacial score (nSPS) is 15.9. The van der Waals surface area contributed by atoms with Gasteiger partial charge in [-0.15, -0.1) is 0 Å². The Morgan fingerprint density at radius 3 is 2.81 bits per heavy atom. The summed E-state index contributed by atoms with van der Waals surface area (Å²) in [6.07, 6.45) is 5.38. The molecule has 2 heterocycles. The second-order valence-electron chi connectivity index (χ2n) is 6.24. The first kappa shape index (κ1) is 18.2.